The second-order valence-corrected chi connectivity index (χ2v) is 7.05. The van der Waals surface area contributed by atoms with E-state index < -0.39 is 16.9 Å². The molecule has 1 rings (SSSR count). The summed E-state index contributed by atoms with van der Waals surface area (Å²) in [6, 6.07) is -0.238. The van der Waals surface area contributed by atoms with Crippen LogP contribution in [0.3, 0.4) is 0 Å². The summed E-state index contributed by atoms with van der Waals surface area (Å²) in [6.45, 7) is 9.61. The summed E-state index contributed by atoms with van der Waals surface area (Å²) in [4.78, 5) is 25.4. The lowest BCUT2D eigenvalue weighted by Gasteiger charge is -2.41. The molecule has 1 fully saturated rings. The van der Waals surface area contributed by atoms with Crippen molar-refractivity contribution in [2.24, 2.45) is 11.3 Å². The van der Waals surface area contributed by atoms with Gasteiger partial charge in [0.2, 0.25) is 0 Å². The molecular formula is C15H28N2O4. The SMILES string of the molecule is CC(O)C1CCN(C(=O)NC(C)(C)C(C)(C)C(=O)O)CC1. The number of carboxylic acid groups (broad SMARTS) is 1. The smallest absolute Gasteiger partial charge is 0.317 e. The zero-order valence-corrected chi connectivity index (χ0v) is 13.6. The molecule has 122 valence electrons. The number of carbonyl (C=O) groups is 2. The third kappa shape index (κ3) is 3.87. The molecule has 1 atom stereocenters. The molecule has 3 N–H and O–H groups in total. The van der Waals surface area contributed by atoms with Gasteiger partial charge in [0.1, 0.15) is 0 Å². The molecule has 21 heavy (non-hydrogen) atoms. The number of carboxylic acids is 1. The van der Waals surface area contributed by atoms with Crippen LogP contribution in [0.5, 0.6) is 0 Å². The maximum Gasteiger partial charge on any atom is 0.317 e. The van der Waals surface area contributed by atoms with E-state index in [-0.39, 0.29) is 18.1 Å². The van der Waals surface area contributed by atoms with Gasteiger partial charge < -0.3 is 20.4 Å². The van der Waals surface area contributed by atoms with Crippen molar-refractivity contribution in [1.82, 2.24) is 10.2 Å². The van der Waals surface area contributed by atoms with Crippen LogP contribution < -0.4 is 5.32 Å². The molecule has 0 aromatic carbocycles. The summed E-state index contributed by atoms with van der Waals surface area (Å²) in [5, 5.41) is 21.7. The summed E-state index contributed by atoms with van der Waals surface area (Å²) in [6.07, 6.45) is 1.19. The van der Waals surface area contributed by atoms with Crippen molar-refractivity contribution in [3.05, 3.63) is 0 Å². The van der Waals surface area contributed by atoms with Gasteiger partial charge in [0.05, 0.1) is 17.1 Å². The van der Waals surface area contributed by atoms with Crippen molar-refractivity contribution in [1.29, 1.82) is 0 Å². The van der Waals surface area contributed by atoms with Gasteiger partial charge in [-0.1, -0.05) is 0 Å². The number of likely N-dealkylation sites (tertiary alicyclic amines) is 1. The van der Waals surface area contributed by atoms with E-state index in [0.717, 1.165) is 12.8 Å². The van der Waals surface area contributed by atoms with Crippen molar-refractivity contribution in [2.45, 2.75) is 59.1 Å². The molecule has 6 heteroatoms. The monoisotopic (exact) mass is 300 g/mol. The van der Waals surface area contributed by atoms with E-state index in [0.29, 0.717) is 13.1 Å². The minimum absolute atomic E-state index is 0.234. The van der Waals surface area contributed by atoms with Crippen molar-refractivity contribution < 1.29 is 19.8 Å². The minimum atomic E-state index is -1.07. The number of carbonyl (C=O) groups excluding carboxylic acids is 1. The quantitative estimate of drug-likeness (QED) is 0.737. The van der Waals surface area contributed by atoms with Gasteiger partial charge >= 0.3 is 12.0 Å². The second-order valence-electron chi connectivity index (χ2n) is 7.05. The Morgan fingerprint density at radius 2 is 1.67 bits per heavy atom. The van der Waals surface area contributed by atoms with Gasteiger partial charge in [-0.3, -0.25) is 4.79 Å². The molecule has 0 aliphatic carbocycles. The zero-order valence-electron chi connectivity index (χ0n) is 13.6. The molecule has 0 spiro atoms. The van der Waals surface area contributed by atoms with E-state index in [2.05, 4.69) is 5.32 Å². The topological polar surface area (TPSA) is 89.9 Å². The third-order valence-electron chi connectivity index (χ3n) is 5.03. The number of nitrogens with zero attached hydrogens (tertiary/aromatic N) is 1. The zero-order chi connectivity index (χ0) is 16.4. The first kappa shape index (κ1) is 17.8. The largest absolute Gasteiger partial charge is 0.481 e. The van der Waals surface area contributed by atoms with Gasteiger partial charge in [0.15, 0.2) is 0 Å². The number of aliphatic hydroxyl groups excluding tert-OH is 1. The van der Waals surface area contributed by atoms with Crippen LogP contribution >= 0.6 is 0 Å². The average Bonchev–Trinajstić information content (AvgIpc) is 2.37. The molecular weight excluding hydrogens is 272 g/mol. The minimum Gasteiger partial charge on any atom is -0.481 e. The standard InChI is InChI=1S/C15H28N2O4/c1-10(18)11-6-8-17(9-7-11)13(21)16-15(4,5)14(2,3)12(19)20/h10-11,18H,6-9H2,1-5H3,(H,16,21)(H,19,20). The molecule has 1 aliphatic heterocycles. The summed E-state index contributed by atoms with van der Waals surface area (Å²) in [7, 11) is 0. The molecule has 1 unspecified atom stereocenters. The van der Waals surface area contributed by atoms with Gasteiger partial charge in [-0.05, 0) is 53.4 Å². The lowest BCUT2D eigenvalue weighted by molar-refractivity contribution is -0.150. The number of amides is 2. The average molecular weight is 300 g/mol. The van der Waals surface area contributed by atoms with Gasteiger partial charge in [-0.15, -0.1) is 0 Å². The number of hydrogen-bond acceptors (Lipinski definition) is 3. The molecule has 0 saturated carbocycles. The highest BCUT2D eigenvalue weighted by molar-refractivity contribution is 5.79. The van der Waals surface area contributed by atoms with Crippen molar-refractivity contribution in [3.8, 4) is 0 Å². The van der Waals surface area contributed by atoms with Crippen molar-refractivity contribution in [3.63, 3.8) is 0 Å². The highest BCUT2D eigenvalue weighted by atomic mass is 16.4. The third-order valence-corrected chi connectivity index (χ3v) is 5.03. The van der Waals surface area contributed by atoms with Crippen LogP contribution in [0, 0.1) is 11.3 Å². The highest BCUT2D eigenvalue weighted by Gasteiger charge is 2.45. The summed E-state index contributed by atoms with van der Waals surface area (Å²) < 4.78 is 0. The Morgan fingerprint density at radius 1 is 1.19 bits per heavy atom. The van der Waals surface area contributed by atoms with E-state index in [9.17, 15) is 19.8 Å². The molecule has 0 aromatic heterocycles. The molecule has 0 radical (unpaired) electrons. The molecule has 2 amide bonds. The summed E-state index contributed by atoms with van der Waals surface area (Å²) >= 11 is 0. The second kappa shape index (κ2) is 6.22. The van der Waals surface area contributed by atoms with Gasteiger partial charge in [0.25, 0.3) is 0 Å². The molecule has 0 bridgehead atoms. The Balaban J connectivity index is 2.64. The first-order valence-corrected chi connectivity index (χ1v) is 7.47. The molecule has 1 heterocycles. The Labute approximate surface area is 126 Å². The number of urea groups is 1. The predicted molar refractivity (Wildman–Crippen MR) is 80.0 cm³/mol. The van der Waals surface area contributed by atoms with Crippen LogP contribution in [0.1, 0.15) is 47.5 Å². The first-order valence-electron chi connectivity index (χ1n) is 7.47. The summed E-state index contributed by atoms with van der Waals surface area (Å²) in [5.41, 5.74) is -1.93. The number of aliphatic hydroxyl groups is 1. The van der Waals surface area contributed by atoms with Crippen LogP contribution in [0.2, 0.25) is 0 Å². The normalized spacial score (nSPS) is 19.2. The fraction of sp³-hybridized carbons (Fsp3) is 0.867. The Bertz CT molecular complexity index is 396. The van der Waals surface area contributed by atoms with Crippen LogP contribution in [-0.4, -0.2) is 51.8 Å². The van der Waals surface area contributed by atoms with E-state index in [1.54, 1.807) is 39.5 Å². The van der Waals surface area contributed by atoms with E-state index in [4.69, 9.17) is 0 Å². The van der Waals surface area contributed by atoms with Crippen molar-refractivity contribution in [2.75, 3.05) is 13.1 Å². The number of piperidine rings is 1. The lowest BCUT2D eigenvalue weighted by atomic mass is 9.74. The van der Waals surface area contributed by atoms with Crippen LogP contribution in [0.4, 0.5) is 4.79 Å². The molecule has 1 saturated heterocycles. The fourth-order valence-electron chi connectivity index (χ4n) is 2.35. The van der Waals surface area contributed by atoms with E-state index in [1.165, 1.54) is 0 Å². The number of aliphatic carboxylic acids is 1. The maximum absolute atomic E-state index is 12.3. The van der Waals surface area contributed by atoms with Crippen LogP contribution in [0.15, 0.2) is 0 Å². The molecule has 1 aliphatic rings. The van der Waals surface area contributed by atoms with Crippen LogP contribution in [-0.2, 0) is 4.79 Å². The van der Waals surface area contributed by atoms with Gasteiger partial charge in [0, 0.05) is 13.1 Å². The summed E-state index contributed by atoms with van der Waals surface area (Å²) in [5.74, 6) is -0.710. The number of nitrogens with one attached hydrogen (secondary N) is 1. The lowest BCUT2D eigenvalue weighted by Crippen LogP contribution is -2.60. The van der Waals surface area contributed by atoms with Crippen molar-refractivity contribution >= 4 is 12.0 Å². The predicted octanol–water partition coefficient (Wildman–Crippen LogP) is 1.68. The Morgan fingerprint density at radius 3 is 2.05 bits per heavy atom. The molecule has 6 nitrogen and oxygen atoms in total. The highest BCUT2D eigenvalue weighted by Crippen LogP contribution is 2.31. The van der Waals surface area contributed by atoms with E-state index >= 15 is 0 Å². The number of rotatable bonds is 4. The van der Waals surface area contributed by atoms with Gasteiger partial charge in [-0.25, -0.2) is 4.79 Å². The Hall–Kier alpha value is -1.30. The molecule has 0 aromatic rings. The Kier molecular flexibility index (Phi) is 5.25. The number of hydrogen-bond donors (Lipinski definition) is 3. The van der Waals surface area contributed by atoms with E-state index in [1.807, 2.05) is 0 Å². The first-order chi connectivity index (χ1) is 9.49. The van der Waals surface area contributed by atoms with Crippen LogP contribution in [0.25, 0.3) is 0 Å². The van der Waals surface area contributed by atoms with Gasteiger partial charge in [-0.2, -0.15) is 0 Å². The maximum atomic E-state index is 12.3. The fourth-order valence-corrected chi connectivity index (χ4v) is 2.35.